The van der Waals surface area contributed by atoms with Gasteiger partial charge in [-0.3, -0.25) is 0 Å². The monoisotopic (exact) mass is 284 g/mol. The summed E-state index contributed by atoms with van der Waals surface area (Å²) in [6, 6.07) is 8.67. The third kappa shape index (κ3) is 4.02. The van der Waals surface area contributed by atoms with Crippen LogP contribution in [0.2, 0.25) is 0 Å². The third-order valence-electron chi connectivity index (χ3n) is 3.62. The Morgan fingerprint density at radius 3 is 2.26 bits per heavy atom. The molecule has 0 fully saturated rings. The van der Waals surface area contributed by atoms with E-state index in [1.54, 1.807) is 0 Å². The van der Waals surface area contributed by atoms with Crippen LogP contribution in [0.3, 0.4) is 0 Å². The summed E-state index contributed by atoms with van der Waals surface area (Å²) in [5.41, 5.74) is 2.75. The number of hydrogen-bond donors (Lipinski definition) is 1. The maximum absolute atomic E-state index is 8.76. The van der Waals surface area contributed by atoms with E-state index in [0.717, 1.165) is 32.6 Å². The van der Waals surface area contributed by atoms with E-state index in [1.807, 2.05) is 0 Å². The van der Waals surface area contributed by atoms with E-state index in [2.05, 4.69) is 41.0 Å². The molecule has 108 valence electrons. The molecule has 1 aliphatic rings. The van der Waals surface area contributed by atoms with Crippen LogP contribution in [0.25, 0.3) is 0 Å². The van der Waals surface area contributed by atoms with Crippen molar-refractivity contribution in [3.63, 3.8) is 0 Å². The third-order valence-corrected chi connectivity index (χ3v) is 3.62. The SMILES string of the molecule is CCN1CN(CCCCCCO)c2ccccc21.Cl. The van der Waals surface area contributed by atoms with Gasteiger partial charge in [0.15, 0.2) is 0 Å². The van der Waals surface area contributed by atoms with Gasteiger partial charge < -0.3 is 14.9 Å². The molecule has 1 N–H and O–H groups in total. The number of para-hydroxylation sites is 2. The molecule has 4 heteroatoms. The summed E-state index contributed by atoms with van der Waals surface area (Å²) in [5, 5.41) is 8.76. The van der Waals surface area contributed by atoms with Crippen molar-refractivity contribution in [1.29, 1.82) is 0 Å². The van der Waals surface area contributed by atoms with E-state index < -0.39 is 0 Å². The fourth-order valence-electron chi connectivity index (χ4n) is 2.59. The van der Waals surface area contributed by atoms with Crippen molar-refractivity contribution in [2.24, 2.45) is 0 Å². The molecular weight excluding hydrogens is 260 g/mol. The molecule has 2 rings (SSSR count). The van der Waals surface area contributed by atoms with Crippen molar-refractivity contribution in [2.75, 3.05) is 36.2 Å². The molecule has 0 unspecified atom stereocenters. The minimum absolute atomic E-state index is 0. The first kappa shape index (κ1) is 16.1. The van der Waals surface area contributed by atoms with Crippen molar-refractivity contribution in [1.82, 2.24) is 0 Å². The van der Waals surface area contributed by atoms with Crippen LogP contribution in [0.4, 0.5) is 11.4 Å². The van der Waals surface area contributed by atoms with Crippen LogP contribution in [0.1, 0.15) is 32.6 Å². The van der Waals surface area contributed by atoms with Crippen molar-refractivity contribution in [2.45, 2.75) is 32.6 Å². The van der Waals surface area contributed by atoms with Crippen LogP contribution in [-0.4, -0.2) is 31.5 Å². The highest BCUT2D eigenvalue weighted by molar-refractivity contribution is 5.85. The normalized spacial score (nSPS) is 13.4. The highest BCUT2D eigenvalue weighted by Gasteiger charge is 2.23. The minimum atomic E-state index is 0. The van der Waals surface area contributed by atoms with Gasteiger partial charge in [-0.2, -0.15) is 0 Å². The van der Waals surface area contributed by atoms with Crippen LogP contribution in [0, 0.1) is 0 Å². The van der Waals surface area contributed by atoms with Gasteiger partial charge in [0.05, 0.1) is 18.0 Å². The lowest BCUT2D eigenvalue weighted by Gasteiger charge is -2.20. The summed E-state index contributed by atoms with van der Waals surface area (Å²) < 4.78 is 0. The van der Waals surface area contributed by atoms with E-state index in [4.69, 9.17) is 5.11 Å². The Kier molecular flexibility index (Phi) is 7.03. The van der Waals surface area contributed by atoms with Crippen molar-refractivity contribution >= 4 is 23.8 Å². The first-order chi connectivity index (χ1) is 8.86. The lowest BCUT2D eigenvalue weighted by molar-refractivity contribution is 0.282. The van der Waals surface area contributed by atoms with Gasteiger partial charge in [-0.1, -0.05) is 25.0 Å². The van der Waals surface area contributed by atoms with Gasteiger partial charge in [0.2, 0.25) is 0 Å². The number of halogens is 1. The quantitative estimate of drug-likeness (QED) is 0.779. The predicted octanol–water partition coefficient (Wildman–Crippen LogP) is 3.26. The molecule has 1 heterocycles. The molecule has 3 nitrogen and oxygen atoms in total. The maximum Gasteiger partial charge on any atom is 0.0904 e. The van der Waals surface area contributed by atoms with Crippen LogP contribution < -0.4 is 9.80 Å². The van der Waals surface area contributed by atoms with E-state index >= 15 is 0 Å². The van der Waals surface area contributed by atoms with Crippen molar-refractivity contribution in [3.8, 4) is 0 Å². The molecule has 0 amide bonds. The minimum Gasteiger partial charge on any atom is -0.396 e. The average Bonchev–Trinajstić information content (AvgIpc) is 2.77. The molecule has 1 aliphatic heterocycles. The lowest BCUT2D eigenvalue weighted by atomic mass is 10.2. The first-order valence-corrected chi connectivity index (χ1v) is 7.06. The Morgan fingerprint density at radius 1 is 1.00 bits per heavy atom. The number of unbranched alkanes of at least 4 members (excludes halogenated alkanes) is 3. The summed E-state index contributed by atoms with van der Waals surface area (Å²) in [5.74, 6) is 0. The van der Waals surface area contributed by atoms with Crippen molar-refractivity contribution in [3.05, 3.63) is 24.3 Å². The van der Waals surface area contributed by atoms with Gasteiger partial charge >= 0.3 is 0 Å². The molecule has 0 aromatic heterocycles. The maximum atomic E-state index is 8.76. The summed E-state index contributed by atoms with van der Waals surface area (Å²) in [4.78, 5) is 4.89. The number of benzene rings is 1. The smallest absolute Gasteiger partial charge is 0.0904 e. The fourth-order valence-corrected chi connectivity index (χ4v) is 2.59. The molecular formula is C15H25ClN2O. The van der Waals surface area contributed by atoms with Crippen molar-refractivity contribution < 1.29 is 5.11 Å². The molecule has 19 heavy (non-hydrogen) atoms. The molecule has 0 saturated carbocycles. The Balaban J connectivity index is 0.00000180. The van der Waals surface area contributed by atoms with Crippen LogP contribution in [0.5, 0.6) is 0 Å². The molecule has 0 aliphatic carbocycles. The molecule has 1 aromatic carbocycles. The van der Waals surface area contributed by atoms with Gasteiger partial charge in [-0.15, -0.1) is 12.4 Å². The Hall–Kier alpha value is -0.930. The second-order valence-corrected chi connectivity index (χ2v) is 4.89. The van der Waals surface area contributed by atoms with Crippen LogP contribution in [0.15, 0.2) is 24.3 Å². The van der Waals surface area contributed by atoms with Gasteiger partial charge in [0, 0.05) is 19.7 Å². The predicted molar refractivity (Wildman–Crippen MR) is 84.5 cm³/mol. The second-order valence-electron chi connectivity index (χ2n) is 4.89. The number of fused-ring (bicyclic) bond motifs is 1. The fraction of sp³-hybridized carbons (Fsp3) is 0.600. The number of rotatable bonds is 7. The average molecular weight is 285 g/mol. The van der Waals surface area contributed by atoms with E-state index in [9.17, 15) is 0 Å². The van der Waals surface area contributed by atoms with Crippen LogP contribution in [-0.2, 0) is 0 Å². The van der Waals surface area contributed by atoms with E-state index in [1.165, 1.54) is 24.2 Å². The Labute approximate surface area is 122 Å². The topological polar surface area (TPSA) is 26.7 Å². The second kappa shape index (κ2) is 8.28. The van der Waals surface area contributed by atoms with E-state index in [0.29, 0.717) is 6.61 Å². The number of hydrogen-bond acceptors (Lipinski definition) is 3. The Bertz CT molecular complexity index is 373. The van der Waals surface area contributed by atoms with E-state index in [-0.39, 0.29) is 12.4 Å². The zero-order valence-corrected chi connectivity index (χ0v) is 12.5. The summed E-state index contributed by atoms with van der Waals surface area (Å²) in [7, 11) is 0. The number of aliphatic hydroxyl groups excluding tert-OH is 1. The number of nitrogens with zero attached hydrogens (tertiary/aromatic N) is 2. The van der Waals surface area contributed by atoms with Gasteiger partial charge in [-0.05, 0) is 31.9 Å². The first-order valence-electron chi connectivity index (χ1n) is 7.06. The molecule has 0 radical (unpaired) electrons. The molecule has 1 aromatic rings. The zero-order valence-electron chi connectivity index (χ0n) is 11.7. The van der Waals surface area contributed by atoms with Crippen LogP contribution >= 0.6 is 12.4 Å². The summed E-state index contributed by atoms with van der Waals surface area (Å²) in [6.07, 6.45) is 4.51. The highest BCUT2D eigenvalue weighted by atomic mass is 35.5. The zero-order chi connectivity index (χ0) is 12.8. The van der Waals surface area contributed by atoms with Gasteiger partial charge in [-0.25, -0.2) is 0 Å². The summed E-state index contributed by atoms with van der Waals surface area (Å²) >= 11 is 0. The molecule has 0 spiro atoms. The molecule has 0 saturated heterocycles. The van der Waals surface area contributed by atoms with Gasteiger partial charge in [0.25, 0.3) is 0 Å². The van der Waals surface area contributed by atoms with Gasteiger partial charge in [0.1, 0.15) is 0 Å². The highest BCUT2D eigenvalue weighted by Crippen LogP contribution is 2.35. The molecule has 0 atom stereocenters. The standard InChI is InChI=1S/C15H24N2O.ClH/c1-2-16-13-17(11-7-3-4-8-12-18)15-10-6-5-9-14(15)16;/h5-6,9-10,18H,2-4,7-8,11-13H2,1H3;1H. The number of aliphatic hydroxyl groups is 1. The Morgan fingerprint density at radius 2 is 1.63 bits per heavy atom. The largest absolute Gasteiger partial charge is 0.396 e. The lowest BCUT2D eigenvalue weighted by Crippen LogP contribution is -2.31. The number of anilines is 2. The molecule has 0 bridgehead atoms. The summed E-state index contributed by atoms with van der Waals surface area (Å²) in [6.45, 7) is 5.75.